The number of carbonyl (C=O) groups excluding carboxylic acids is 1. The number of hydrogen-bond donors (Lipinski definition) is 1. The van der Waals surface area contributed by atoms with Gasteiger partial charge in [0.25, 0.3) is 0 Å². The summed E-state index contributed by atoms with van der Waals surface area (Å²) in [7, 11) is 1.31. The van der Waals surface area contributed by atoms with Crippen LogP contribution in [0.5, 0.6) is 5.75 Å². The first-order chi connectivity index (χ1) is 8.22. The molecule has 1 aromatic rings. The second kappa shape index (κ2) is 4.88. The van der Waals surface area contributed by atoms with Gasteiger partial charge in [-0.25, -0.2) is 0 Å². The van der Waals surface area contributed by atoms with Crippen LogP contribution in [0.15, 0.2) is 30.5 Å². The van der Waals surface area contributed by atoms with Crippen LogP contribution in [-0.2, 0) is 14.4 Å². The number of nitrogens with two attached hydrogens (primary N) is 1. The molecule has 1 aliphatic rings. The number of esters is 1. The quantitative estimate of drug-likeness (QED) is 0.630. The van der Waals surface area contributed by atoms with Gasteiger partial charge >= 0.3 is 5.97 Å². The van der Waals surface area contributed by atoms with Gasteiger partial charge in [0.15, 0.2) is 5.75 Å². The van der Waals surface area contributed by atoms with E-state index in [4.69, 9.17) is 15.5 Å². The van der Waals surface area contributed by atoms with Crippen LogP contribution in [0.3, 0.4) is 0 Å². The number of ether oxygens (including phenoxy) is 1. The number of methoxy groups -OCH3 is 1. The zero-order valence-corrected chi connectivity index (χ0v) is 9.38. The molecule has 0 saturated carbocycles. The Hall–Kier alpha value is -2.01. The summed E-state index contributed by atoms with van der Waals surface area (Å²) in [5.74, 6) is 0.164. The average Bonchev–Trinajstić information content (AvgIpc) is 2.38. The van der Waals surface area contributed by atoms with Crippen LogP contribution in [-0.4, -0.2) is 19.1 Å². The van der Waals surface area contributed by atoms with Crippen molar-refractivity contribution in [1.29, 1.82) is 0 Å². The van der Waals surface area contributed by atoms with E-state index in [0.717, 1.165) is 11.1 Å². The monoisotopic (exact) mass is 235 g/mol. The summed E-state index contributed by atoms with van der Waals surface area (Å²) in [5, 5.41) is 0. The molecule has 1 aromatic carbocycles. The molecule has 17 heavy (non-hydrogen) atoms. The standard InChI is InChI=1S/C12H13NO4/c1-15-12(14)10(13)6-8-7-16-17-11-5-3-2-4-9(8)11/h2-5,7,10H,6,13H2,1H3/t10-/m0/s1. The van der Waals surface area contributed by atoms with Gasteiger partial charge in [0.1, 0.15) is 12.3 Å². The maximum absolute atomic E-state index is 11.3. The van der Waals surface area contributed by atoms with Crippen molar-refractivity contribution in [2.45, 2.75) is 12.5 Å². The summed E-state index contributed by atoms with van der Waals surface area (Å²) in [6.07, 6.45) is 1.79. The fraction of sp³-hybridized carbons (Fsp3) is 0.250. The van der Waals surface area contributed by atoms with E-state index in [-0.39, 0.29) is 0 Å². The van der Waals surface area contributed by atoms with Crippen LogP contribution in [0.4, 0.5) is 0 Å². The molecule has 0 unspecified atom stereocenters. The molecule has 0 saturated heterocycles. The van der Waals surface area contributed by atoms with E-state index < -0.39 is 12.0 Å². The van der Waals surface area contributed by atoms with Crippen molar-refractivity contribution in [2.75, 3.05) is 7.11 Å². The van der Waals surface area contributed by atoms with E-state index in [2.05, 4.69) is 4.74 Å². The van der Waals surface area contributed by atoms with Crippen LogP contribution in [0.25, 0.3) is 5.57 Å². The topological polar surface area (TPSA) is 70.8 Å². The Kier molecular flexibility index (Phi) is 3.30. The van der Waals surface area contributed by atoms with Gasteiger partial charge in [-0.2, -0.15) is 0 Å². The second-order valence-electron chi connectivity index (χ2n) is 3.65. The number of fused-ring (bicyclic) bond motifs is 1. The molecule has 0 aliphatic carbocycles. The number of para-hydroxylation sites is 1. The Labute approximate surface area is 98.7 Å². The third-order valence-corrected chi connectivity index (χ3v) is 2.51. The largest absolute Gasteiger partial charge is 0.468 e. The molecule has 0 fully saturated rings. The van der Waals surface area contributed by atoms with E-state index in [0.29, 0.717) is 12.2 Å². The summed E-state index contributed by atoms with van der Waals surface area (Å²) in [4.78, 5) is 21.1. The van der Waals surface area contributed by atoms with Gasteiger partial charge in [0.05, 0.1) is 7.11 Å². The highest BCUT2D eigenvalue weighted by Gasteiger charge is 2.21. The van der Waals surface area contributed by atoms with Crippen LogP contribution in [0, 0.1) is 0 Å². The van der Waals surface area contributed by atoms with Gasteiger partial charge in [-0.05, 0) is 6.07 Å². The molecule has 1 aliphatic heterocycles. The van der Waals surface area contributed by atoms with E-state index in [1.54, 1.807) is 6.07 Å². The van der Waals surface area contributed by atoms with Gasteiger partial charge in [-0.15, -0.1) is 0 Å². The molecule has 0 bridgehead atoms. The molecular weight excluding hydrogens is 222 g/mol. The van der Waals surface area contributed by atoms with Crippen LogP contribution in [0.1, 0.15) is 12.0 Å². The van der Waals surface area contributed by atoms with Gasteiger partial charge in [0, 0.05) is 17.6 Å². The molecule has 0 aromatic heterocycles. The first-order valence-corrected chi connectivity index (χ1v) is 5.17. The highest BCUT2D eigenvalue weighted by Crippen LogP contribution is 2.32. The van der Waals surface area contributed by atoms with Crippen LogP contribution >= 0.6 is 0 Å². The fourth-order valence-electron chi connectivity index (χ4n) is 1.63. The Morgan fingerprint density at radius 3 is 3.00 bits per heavy atom. The van der Waals surface area contributed by atoms with E-state index in [1.165, 1.54) is 13.4 Å². The molecular formula is C12H13NO4. The summed E-state index contributed by atoms with van der Waals surface area (Å²) < 4.78 is 4.58. The fourth-order valence-corrected chi connectivity index (χ4v) is 1.63. The molecule has 0 amide bonds. The SMILES string of the molecule is COC(=O)[C@@H](N)CC1=COOc2ccccc21. The maximum Gasteiger partial charge on any atom is 0.322 e. The molecule has 1 atom stereocenters. The first kappa shape index (κ1) is 11.5. The third-order valence-electron chi connectivity index (χ3n) is 2.51. The van der Waals surface area contributed by atoms with Crippen molar-refractivity contribution < 1.29 is 19.3 Å². The molecule has 5 nitrogen and oxygen atoms in total. The predicted octanol–water partition coefficient (Wildman–Crippen LogP) is 1.24. The van der Waals surface area contributed by atoms with Gasteiger partial charge in [0.2, 0.25) is 0 Å². The zero-order chi connectivity index (χ0) is 12.3. The second-order valence-corrected chi connectivity index (χ2v) is 3.65. The van der Waals surface area contributed by atoms with Crippen molar-refractivity contribution in [2.24, 2.45) is 5.73 Å². The normalized spacial score (nSPS) is 14.8. The van der Waals surface area contributed by atoms with E-state index in [1.807, 2.05) is 18.2 Å². The summed E-state index contributed by atoms with van der Waals surface area (Å²) >= 11 is 0. The number of rotatable bonds is 3. The Morgan fingerprint density at radius 2 is 2.24 bits per heavy atom. The minimum absolute atomic E-state index is 0.340. The Morgan fingerprint density at radius 1 is 1.47 bits per heavy atom. The molecule has 5 heteroatoms. The smallest absolute Gasteiger partial charge is 0.322 e. The van der Waals surface area contributed by atoms with Crippen molar-refractivity contribution in [3.05, 3.63) is 36.1 Å². The van der Waals surface area contributed by atoms with Gasteiger partial charge in [-0.1, -0.05) is 18.2 Å². The number of carbonyl (C=O) groups is 1. The van der Waals surface area contributed by atoms with Crippen molar-refractivity contribution >= 4 is 11.5 Å². The lowest BCUT2D eigenvalue weighted by molar-refractivity contribution is -0.152. The summed E-state index contributed by atoms with van der Waals surface area (Å²) in [6, 6.07) is 6.68. The first-order valence-electron chi connectivity index (χ1n) is 5.17. The molecule has 0 spiro atoms. The highest BCUT2D eigenvalue weighted by molar-refractivity contribution is 5.80. The Balaban J connectivity index is 2.17. The van der Waals surface area contributed by atoms with E-state index >= 15 is 0 Å². The predicted molar refractivity (Wildman–Crippen MR) is 60.7 cm³/mol. The molecule has 0 radical (unpaired) electrons. The molecule has 2 N–H and O–H groups in total. The molecule has 2 rings (SSSR count). The lowest BCUT2D eigenvalue weighted by Crippen LogP contribution is -2.32. The maximum atomic E-state index is 11.3. The van der Waals surface area contributed by atoms with Gasteiger partial charge < -0.3 is 10.5 Å². The highest BCUT2D eigenvalue weighted by atomic mass is 17.2. The summed E-state index contributed by atoms with van der Waals surface area (Å²) in [6.45, 7) is 0. The van der Waals surface area contributed by atoms with Crippen LogP contribution < -0.4 is 10.6 Å². The van der Waals surface area contributed by atoms with E-state index in [9.17, 15) is 4.79 Å². The average molecular weight is 235 g/mol. The lowest BCUT2D eigenvalue weighted by Gasteiger charge is -2.18. The molecule has 90 valence electrons. The van der Waals surface area contributed by atoms with Crippen molar-refractivity contribution in [1.82, 2.24) is 0 Å². The van der Waals surface area contributed by atoms with Crippen molar-refractivity contribution in [3.8, 4) is 5.75 Å². The molecule has 1 heterocycles. The lowest BCUT2D eigenvalue weighted by atomic mass is 9.99. The minimum Gasteiger partial charge on any atom is -0.468 e. The van der Waals surface area contributed by atoms with Gasteiger partial charge in [-0.3, -0.25) is 14.6 Å². The van der Waals surface area contributed by atoms with Crippen LogP contribution in [0.2, 0.25) is 0 Å². The number of hydrogen-bond acceptors (Lipinski definition) is 5. The summed E-state index contributed by atoms with van der Waals surface area (Å²) in [5.41, 5.74) is 7.39. The van der Waals surface area contributed by atoms with Crippen molar-refractivity contribution in [3.63, 3.8) is 0 Å². The number of benzene rings is 1. The third kappa shape index (κ3) is 2.39. The minimum atomic E-state index is -0.707. The Bertz CT molecular complexity index is 456. The zero-order valence-electron chi connectivity index (χ0n) is 9.38.